The molecular formula is C24H34F2. The van der Waals surface area contributed by atoms with Crippen LogP contribution >= 0.6 is 0 Å². The highest BCUT2D eigenvalue weighted by Crippen LogP contribution is 2.44. The van der Waals surface area contributed by atoms with Crippen LogP contribution in [0.5, 0.6) is 0 Å². The van der Waals surface area contributed by atoms with E-state index in [1.54, 1.807) is 0 Å². The molecule has 0 unspecified atom stereocenters. The molecule has 144 valence electrons. The average molecular weight is 361 g/mol. The Balaban J connectivity index is 1.42. The summed E-state index contributed by atoms with van der Waals surface area (Å²) in [4.78, 5) is 0. The van der Waals surface area contributed by atoms with Gasteiger partial charge in [0.25, 0.3) is 0 Å². The minimum Gasteiger partial charge on any atom is -0.203 e. The average Bonchev–Trinajstić information content (AvgIpc) is 2.71. The van der Waals surface area contributed by atoms with Crippen LogP contribution in [0.4, 0.5) is 8.78 Å². The molecule has 0 bridgehead atoms. The summed E-state index contributed by atoms with van der Waals surface area (Å²) in [7, 11) is 0. The standard InChI is InChI=1S/C24H34F2/c25-23-21(19-9-5-2-6-10-19)15-16-22(24(23)26)20-13-11-18(12-14-20)17-7-3-1-4-8-17/h15-20H,1-14H2. The van der Waals surface area contributed by atoms with Gasteiger partial charge >= 0.3 is 0 Å². The molecule has 0 nitrogen and oxygen atoms in total. The van der Waals surface area contributed by atoms with E-state index in [2.05, 4.69) is 0 Å². The molecule has 3 saturated carbocycles. The lowest BCUT2D eigenvalue weighted by atomic mass is 9.69. The number of halogens is 2. The van der Waals surface area contributed by atoms with Crippen LogP contribution < -0.4 is 0 Å². The Kier molecular flexibility index (Phi) is 5.96. The fraction of sp³-hybridized carbons (Fsp3) is 0.750. The molecule has 0 atom stereocenters. The van der Waals surface area contributed by atoms with E-state index in [4.69, 9.17) is 0 Å². The Morgan fingerprint density at radius 1 is 0.500 bits per heavy atom. The first-order valence-corrected chi connectivity index (χ1v) is 11.2. The first-order valence-electron chi connectivity index (χ1n) is 11.2. The first-order chi connectivity index (χ1) is 12.7. The molecule has 0 N–H and O–H groups in total. The highest BCUT2D eigenvalue weighted by Gasteiger charge is 2.31. The number of hydrogen-bond acceptors (Lipinski definition) is 0. The highest BCUT2D eigenvalue weighted by atomic mass is 19.2. The highest BCUT2D eigenvalue weighted by molar-refractivity contribution is 5.31. The molecule has 0 aliphatic heterocycles. The molecule has 0 radical (unpaired) electrons. The van der Waals surface area contributed by atoms with Gasteiger partial charge in [-0.15, -0.1) is 0 Å². The molecule has 0 saturated heterocycles. The van der Waals surface area contributed by atoms with Crippen molar-refractivity contribution < 1.29 is 8.78 Å². The Morgan fingerprint density at radius 2 is 0.923 bits per heavy atom. The molecule has 0 heterocycles. The van der Waals surface area contributed by atoms with E-state index in [9.17, 15) is 8.78 Å². The maximum absolute atomic E-state index is 14.9. The quantitative estimate of drug-likeness (QED) is 0.514. The Bertz CT molecular complexity index is 588. The normalized spacial score (nSPS) is 29.0. The van der Waals surface area contributed by atoms with E-state index < -0.39 is 11.6 Å². The van der Waals surface area contributed by atoms with Crippen molar-refractivity contribution in [1.82, 2.24) is 0 Å². The van der Waals surface area contributed by atoms with Crippen LogP contribution in [0.1, 0.15) is 113 Å². The summed E-state index contributed by atoms with van der Waals surface area (Å²) < 4.78 is 29.7. The molecule has 1 aromatic carbocycles. The van der Waals surface area contributed by atoms with Crippen molar-refractivity contribution in [3.63, 3.8) is 0 Å². The fourth-order valence-corrected chi connectivity index (χ4v) is 6.13. The second-order valence-corrected chi connectivity index (χ2v) is 9.22. The molecule has 3 aliphatic carbocycles. The van der Waals surface area contributed by atoms with Crippen LogP contribution in [-0.2, 0) is 0 Å². The Morgan fingerprint density at radius 3 is 1.46 bits per heavy atom. The zero-order valence-corrected chi connectivity index (χ0v) is 16.1. The molecule has 1 aromatic rings. The van der Waals surface area contributed by atoms with Gasteiger partial charge in [-0.05, 0) is 73.3 Å². The molecule has 3 aliphatic rings. The van der Waals surface area contributed by atoms with Gasteiger partial charge in [-0.3, -0.25) is 0 Å². The fourth-order valence-electron chi connectivity index (χ4n) is 6.13. The van der Waals surface area contributed by atoms with E-state index in [1.807, 2.05) is 12.1 Å². The van der Waals surface area contributed by atoms with Gasteiger partial charge in [0.05, 0.1) is 0 Å². The van der Waals surface area contributed by atoms with E-state index in [1.165, 1.54) is 51.4 Å². The molecule has 0 aromatic heterocycles. The van der Waals surface area contributed by atoms with E-state index in [0.29, 0.717) is 11.1 Å². The largest absolute Gasteiger partial charge is 0.203 e. The SMILES string of the molecule is Fc1c(C2CCCCC2)ccc(C2CCC(C3CCCCC3)CC2)c1F. The molecule has 26 heavy (non-hydrogen) atoms. The van der Waals surface area contributed by atoms with Crippen LogP contribution in [0, 0.1) is 23.5 Å². The summed E-state index contributed by atoms with van der Waals surface area (Å²) >= 11 is 0. The predicted molar refractivity (Wildman–Crippen MR) is 103 cm³/mol. The smallest absolute Gasteiger partial charge is 0.162 e. The molecular weight excluding hydrogens is 326 g/mol. The lowest BCUT2D eigenvalue weighted by Gasteiger charge is -2.36. The molecule has 0 spiro atoms. The van der Waals surface area contributed by atoms with Crippen molar-refractivity contribution in [2.24, 2.45) is 11.8 Å². The van der Waals surface area contributed by atoms with Gasteiger partial charge in [-0.25, -0.2) is 8.78 Å². The summed E-state index contributed by atoms with van der Waals surface area (Å²) in [5.41, 5.74) is 1.30. The zero-order valence-electron chi connectivity index (χ0n) is 16.1. The maximum Gasteiger partial charge on any atom is 0.162 e. The van der Waals surface area contributed by atoms with Gasteiger partial charge in [0.15, 0.2) is 11.6 Å². The second kappa shape index (κ2) is 8.40. The van der Waals surface area contributed by atoms with Crippen molar-refractivity contribution in [3.05, 3.63) is 34.9 Å². The van der Waals surface area contributed by atoms with Gasteiger partial charge in [0, 0.05) is 0 Å². The van der Waals surface area contributed by atoms with Gasteiger partial charge in [-0.2, -0.15) is 0 Å². The van der Waals surface area contributed by atoms with Crippen molar-refractivity contribution in [1.29, 1.82) is 0 Å². The summed E-state index contributed by atoms with van der Waals surface area (Å²) in [5, 5.41) is 0. The number of rotatable bonds is 3. The van der Waals surface area contributed by atoms with Gasteiger partial charge < -0.3 is 0 Å². The summed E-state index contributed by atoms with van der Waals surface area (Å²) in [6.45, 7) is 0. The second-order valence-electron chi connectivity index (χ2n) is 9.22. The lowest BCUT2D eigenvalue weighted by molar-refractivity contribution is 0.185. The van der Waals surface area contributed by atoms with Crippen LogP contribution in [0.3, 0.4) is 0 Å². The third kappa shape index (κ3) is 3.85. The van der Waals surface area contributed by atoms with Crippen LogP contribution in [0.2, 0.25) is 0 Å². The van der Waals surface area contributed by atoms with E-state index >= 15 is 0 Å². The van der Waals surface area contributed by atoms with Crippen molar-refractivity contribution >= 4 is 0 Å². The zero-order chi connectivity index (χ0) is 17.9. The topological polar surface area (TPSA) is 0 Å². The van der Waals surface area contributed by atoms with Crippen LogP contribution in [0.25, 0.3) is 0 Å². The number of benzene rings is 1. The minimum absolute atomic E-state index is 0.227. The summed E-state index contributed by atoms with van der Waals surface area (Å²) in [5.74, 6) is 1.12. The summed E-state index contributed by atoms with van der Waals surface area (Å²) in [6, 6.07) is 3.84. The molecule has 0 amide bonds. The third-order valence-corrected chi connectivity index (χ3v) is 7.72. The molecule has 3 fully saturated rings. The minimum atomic E-state index is -0.538. The maximum atomic E-state index is 14.9. The molecule has 4 rings (SSSR count). The monoisotopic (exact) mass is 360 g/mol. The summed E-state index contributed by atoms with van der Waals surface area (Å²) in [6.07, 6.45) is 17.1. The van der Waals surface area contributed by atoms with Crippen molar-refractivity contribution in [2.45, 2.75) is 102 Å². The van der Waals surface area contributed by atoms with Crippen LogP contribution in [-0.4, -0.2) is 0 Å². The van der Waals surface area contributed by atoms with Crippen LogP contribution in [0.15, 0.2) is 12.1 Å². The molecule has 2 heteroatoms. The van der Waals surface area contributed by atoms with Gasteiger partial charge in [-0.1, -0.05) is 63.5 Å². The van der Waals surface area contributed by atoms with E-state index in [0.717, 1.165) is 50.4 Å². The third-order valence-electron chi connectivity index (χ3n) is 7.72. The predicted octanol–water partition coefficient (Wildman–Crippen LogP) is 7.87. The first kappa shape index (κ1) is 18.4. The Labute approximate surface area is 157 Å². The van der Waals surface area contributed by atoms with Gasteiger partial charge in [0.2, 0.25) is 0 Å². The Hall–Kier alpha value is -0.920. The van der Waals surface area contributed by atoms with Gasteiger partial charge in [0.1, 0.15) is 0 Å². The lowest BCUT2D eigenvalue weighted by Crippen LogP contribution is -2.23. The van der Waals surface area contributed by atoms with Crippen molar-refractivity contribution in [2.75, 3.05) is 0 Å². The number of hydrogen-bond donors (Lipinski definition) is 0. The van der Waals surface area contributed by atoms with Crippen molar-refractivity contribution in [3.8, 4) is 0 Å². The van der Waals surface area contributed by atoms with E-state index in [-0.39, 0.29) is 11.8 Å².